The number of hydrogen-bond donors (Lipinski definition) is 2. The fourth-order valence-corrected chi connectivity index (χ4v) is 4.95. The maximum Gasteiger partial charge on any atom is 0.264 e. The summed E-state index contributed by atoms with van der Waals surface area (Å²) in [6, 6.07) is 2.37. The number of likely N-dealkylation sites (tertiary alicyclic amines) is 1. The number of hydrogen-bond acceptors (Lipinski definition) is 11. The molecule has 45 heavy (non-hydrogen) atoms. The largest absolute Gasteiger partial charge is 0.377 e. The highest BCUT2D eigenvalue weighted by Crippen LogP contribution is 2.22. The summed E-state index contributed by atoms with van der Waals surface area (Å²) < 4.78 is 27.1. The molecule has 1 unspecified atom stereocenters. The van der Waals surface area contributed by atoms with Crippen LogP contribution in [0.25, 0.3) is 0 Å². The molecule has 2 aliphatic rings. The Balaban J connectivity index is 1.41. The van der Waals surface area contributed by atoms with Gasteiger partial charge < -0.3 is 39.2 Å². The minimum Gasteiger partial charge on any atom is -0.377 e. The topological polar surface area (TPSA) is 155 Å². The molecule has 2 heterocycles. The number of rotatable bonds is 23. The first-order chi connectivity index (χ1) is 21.7. The van der Waals surface area contributed by atoms with Crippen molar-refractivity contribution in [3.05, 3.63) is 11.6 Å². The number of amides is 3. The second kappa shape index (κ2) is 22.8. The maximum absolute atomic E-state index is 12.9. The lowest BCUT2D eigenvalue weighted by Crippen LogP contribution is -2.53. The number of ether oxygens (including phenoxy) is 5. The molecule has 0 bridgehead atoms. The molecule has 0 spiro atoms. The predicted octanol–water partition coefficient (Wildman–Crippen LogP) is -0.354. The van der Waals surface area contributed by atoms with E-state index in [2.05, 4.69) is 26.5 Å². The molecule has 0 aromatic rings. The SMILES string of the molecule is CC(C)(C)/C=C(/C#N)C(=O)N1CCC(N2CCN(CC(=O)NCCOCCOCCOCCOCCOCCNC=O)CC2)C1. The monoisotopic (exact) mass is 638 g/mol. The molecule has 1 atom stereocenters. The molecular weight excluding hydrogens is 584 g/mol. The van der Waals surface area contributed by atoms with Crippen LogP contribution in [0.2, 0.25) is 0 Å². The van der Waals surface area contributed by atoms with Crippen molar-refractivity contribution < 1.29 is 38.1 Å². The lowest BCUT2D eigenvalue weighted by molar-refractivity contribution is -0.126. The summed E-state index contributed by atoms with van der Waals surface area (Å²) in [4.78, 5) is 41.7. The van der Waals surface area contributed by atoms with Gasteiger partial charge in [0.05, 0.1) is 72.6 Å². The fourth-order valence-electron chi connectivity index (χ4n) is 4.95. The fraction of sp³-hybridized carbons (Fsp3) is 0.806. The molecule has 0 aliphatic carbocycles. The zero-order valence-corrected chi connectivity index (χ0v) is 27.4. The van der Waals surface area contributed by atoms with Crippen LogP contribution in [0.15, 0.2) is 11.6 Å². The van der Waals surface area contributed by atoms with Gasteiger partial charge in [-0.1, -0.05) is 26.8 Å². The Labute approximate surface area is 268 Å². The number of carbonyl (C=O) groups excluding carboxylic acids is 3. The highest BCUT2D eigenvalue weighted by Gasteiger charge is 2.33. The van der Waals surface area contributed by atoms with E-state index in [4.69, 9.17) is 23.7 Å². The van der Waals surface area contributed by atoms with Crippen LogP contribution in [0, 0.1) is 16.7 Å². The number of carbonyl (C=O) groups is 3. The highest BCUT2D eigenvalue weighted by atomic mass is 16.6. The quantitative estimate of drug-likeness (QED) is 0.0653. The second-order valence-electron chi connectivity index (χ2n) is 12.0. The van der Waals surface area contributed by atoms with Crippen molar-refractivity contribution in [2.75, 3.05) is 125 Å². The molecular formula is C31H54N6O8. The van der Waals surface area contributed by atoms with Gasteiger partial charge in [-0.2, -0.15) is 5.26 Å². The van der Waals surface area contributed by atoms with E-state index in [1.54, 1.807) is 11.0 Å². The van der Waals surface area contributed by atoms with E-state index < -0.39 is 0 Å². The number of nitriles is 1. The van der Waals surface area contributed by atoms with Crippen molar-refractivity contribution in [1.82, 2.24) is 25.3 Å². The van der Waals surface area contributed by atoms with Crippen molar-refractivity contribution in [2.24, 2.45) is 5.41 Å². The predicted molar refractivity (Wildman–Crippen MR) is 167 cm³/mol. The standard InChI is InChI=1S/C31H54N6O8/c1-31(2,3)22-27(23-32)30(40)37-7-4-28(24-37)36-10-8-35(9-11-36)25-29(39)34-6-13-42-15-17-44-19-21-45-20-18-43-16-14-41-12-5-33-26-38/h22,26,28H,4-21,24-25H2,1-3H3,(H,33,38)(H,34,39)/b27-22-. The van der Waals surface area contributed by atoms with Crippen LogP contribution in [-0.4, -0.2) is 164 Å². The minimum atomic E-state index is -0.227. The zero-order valence-electron chi connectivity index (χ0n) is 27.4. The average molecular weight is 639 g/mol. The van der Waals surface area contributed by atoms with Gasteiger partial charge in [0.1, 0.15) is 11.6 Å². The molecule has 0 aromatic carbocycles. The average Bonchev–Trinajstić information content (AvgIpc) is 3.51. The third-order valence-corrected chi connectivity index (χ3v) is 7.20. The Morgan fingerprint density at radius 3 is 1.87 bits per heavy atom. The first-order valence-corrected chi connectivity index (χ1v) is 15.9. The Morgan fingerprint density at radius 1 is 0.822 bits per heavy atom. The number of piperazine rings is 1. The van der Waals surface area contributed by atoms with Gasteiger partial charge in [0.2, 0.25) is 12.3 Å². The van der Waals surface area contributed by atoms with E-state index in [1.165, 1.54) is 0 Å². The van der Waals surface area contributed by atoms with E-state index in [0.29, 0.717) is 105 Å². The molecule has 2 N–H and O–H groups in total. The van der Waals surface area contributed by atoms with E-state index in [1.807, 2.05) is 20.8 Å². The summed E-state index contributed by atoms with van der Waals surface area (Å²) in [7, 11) is 0. The van der Waals surface area contributed by atoms with Crippen molar-refractivity contribution in [3.8, 4) is 6.07 Å². The van der Waals surface area contributed by atoms with Gasteiger partial charge in [-0.05, 0) is 11.8 Å². The van der Waals surface area contributed by atoms with Gasteiger partial charge in [0, 0.05) is 58.4 Å². The second-order valence-corrected chi connectivity index (χ2v) is 12.0. The van der Waals surface area contributed by atoms with Gasteiger partial charge in [-0.3, -0.25) is 24.2 Å². The first-order valence-electron chi connectivity index (χ1n) is 15.9. The summed E-state index contributed by atoms with van der Waals surface area (Å²) in [5.74, 6) is -0.192. The molecule has 256 valence electrons. The van der Waals surface area contributed by atoms with E-state index in [-0.39, 0.29) is 28.8 Å². The molecule has 14 heteroatoms. The Bertz CT molecular complexity index is 930. The van der Waals surface area contributed by atoms with Crippen molar-refractivity contribution in [2.45, 2.75) is 33.2 Å². The highest BCUT2D eigenvalue weighted by molar-refractivity contribution is 5.97. The third kappa shape index (κ3) is 17.6. The lowest BCUT2D eigenvalue weighted by Gasteiger charge is -2.37. The normalized spacial score (nSPS) is 18.1. The van der Waals surface area contributed by atoms with Crippen LogP contribution in [0.4, 0.5) is 0 Å². The van der Waals surface area contributed by atoms with Crippen LogP contribution in [-0.2, 0) is 38.1 Å². The van der Waals surface area contributed by atoms with Gasteiger partial charge in [0.25, 0.3) is 5.91 Å². The van der Waals surface area contributed by atoms with Crippen LogP contribution >= 0.6 is 0 Å². The molecule has 2 aliphatic heterocycles. The van der Waals surface area contributed by atoms with Crippen molar-refractivity contribution in [3.63, 3.8) is 0 Å². The van der Waals surface area contributed by atoms with Crippen LogP contribution in [0.3, 0.4) is 0 Å². The smallest absolute Gasteiger partial charge is 0.264 e. The third-order valence-electron chi connectivity index (χ3n) is 7.20. The Hall–Kier alpha value is -2.64. The summed E-state index contributed by atoms with van der Waals surface area (Å²) in [5.41, 5.74) is -0.00600. The molecule has 3 amide bonds. The van der Waals surface area contributed by atoms with E-state index in [0.717, 1.165) is 32.6 Å². The lowest BCUT2D eigenvalue weighted by atomic mass is 9.93. The van der Waals surface area contributed by atoms with Gasteiger partial charge >= 0.3 is 0 Å². The summed E-state index contributed by atoms with van der Waals surface area (Å²) in [5, 5.41) is 14.9. The number of nitrogens with one attached hydrogen (secondary N) is 2. The molecule has 2 fully saturated rings. The zero-order chi connectivity index (χ0) is 32.8. The Morgan fingerprint density at radius 2 is 1.36 bits per heavy atom. The summed E-state index contributed by atoms with van der Waals surface area (Å²) in [6.07, 6.45) is 3.30. The minimum absolute atomic E-state index is 0.0175. The first kappa shape index (κ1) is 38.5. The van der Waals surface area contributed by atoms with Crippen LogP contribution in [0.5, 0.6) is 0 Å². The van der Waals surface area contributed by atoms with Gasteiger partial charge in [-0.25, -0.2) is 0 Å². The summed E-state index contributed by atoms with van der Waals surface area (Å²) in [6.45, 7) is 16.5. The molecule has 2 saturated heterocycles. The van der Waals surface area contributed by atoms with E-state index >= 15 is 0 Å². The molecule has 0 aromatic heterocycles. The van der Waals surface area contributed by atoms with Crippen molar-refractivity contribution >= 4 is 18.2 Å². The van der Waals surface area contributed by atoms with Crippen LogP contribution in [0.1, 0.15) is 27.2 Å². The van der Waals surface area contributed by atoms with Crippen molar-refractivity contribution in [1.29, 1.82) is 5.26 Å². The molecule has 0 radical (unpaired) electrons. The van der Waals surface area contributed by atoms with Gasteiger partial charge in [-0.15, -0.1) is 0 Å². The summed E-state index contributed by atoms with van der Waals surface area (Å²) >= 11 is 0. The number of allylic oxidation sites excluding steroid dienone is 1. The van der Waals surface area contributed by atoms with Gasteiger partial charge in [0.15, 0.2) is 0 Å². The maximum atomic E-state index is 12.9. The molecule has 2 rings (SSSR count). The number of nitrogens with zero attached hydrogens (tertiary/aromatic N) is 4. The molecule has 0 saturated carbocycles. The van der Waals surface area contributed by atoms with E-state index in [9.17, 15) is 19.6 Å². The Kier molecular flexibility index (Phi) is 19.5. The molecule has 14 nitrogen and oxygen atoms in total. The van der Waals surface area contributed by atoms with Crippen LogP contribution < -0.4 is 10.6 Å².